The fraction of sp³-hybridized carbons (Fsp3) is 0.727. The van der Waals surface area contributed by atoms with Gasteiger partial charge in [0, 0.05) is 32.2 Å². The van der Waals surface area contributed by atoms with E-state index >= 15 is 0 Å². The van der Waals surface area contributed by atoms with E-state index in [4.69, 9.17) is 0 Å². The molecule has 1 heterocycles. The van der Waals surface area contributed by atoms with E-state index in [1.165, 1.54) is 0 Å². The molecule has 0 aromatic heterocycles. The molecule has 1 unspecified atom stereocenters. The fourth-order valence-electron chi connectivity index (χ4n) is 3.31. The second-order valence-electron chi connectivity index (χ2n) is 7.67. The molecule has 0 aliphatic carbocycles. The maximum Gasteiger partial charge on any atom is 0.223 e. The summed E-state index contributed by atoms with van der Waals surface area (Å²) in [4.78, 5) is 25.5. The summed E-state index contributed by atoms with van der Waals surface area (Å²) in [5.41, 5.74) is 0. The van der Waals surface area contributed by atoms with Gasteiger partial charge in [-0.15, -0.1) is 11.8 Å². The van der Waals surface area contributed by atoms with Crippen LogP contribution >= 0.6 is 0 Å². The third kappa shape index (κ3) is 10.9. The maximum atomic E-state index is 12.2. The van der Waals surface area contributed by atoms with Crippen molar-refractivity contribution in [3.63, 3.8) is 0 Å². The Balaban J connectivity index is 2.31. The lowest BCUT2D eigenvalue weighted by Crippen LogP contribution is -2.33. The number of aliphatic hydroxyl groups excluding tert-OH is 1. The molecule has 30 heavy (non-hydrogen) atoms. The quantitative estimate of drug-likeness (QED) is 0.198. The van der Waals surface area contributed by atoms with Crippen molar-refractivity contribution in [1.82, 2.24) is 10.2 Å². The SMILES string of the molecule is CCC#CC[C@H](C)[C@H](O)/C=C/[C@H]1CCC(=O)N1CCCCCCC(=O)NCS(=O)[O-]. The zero-order chi connectivity index (χ0) is 22.4. The molecule has 0 bridgehead atoms. The zero-order valence-electron chi connectivity index (χ0n) is 18.1. The maximum absolute atomic E-state index is 12.2. The van der Waals surface area contributed by atoms with Crippen LogP contribution in [0.4, 0.5) is 0 Å². The largest absolute Gasteiger partial charge is 0.771 e. The number of hydrogen-bond acceptors (Lipinski definition) is 5. The van der Waals surface area contributed by atoms with Gasteiger partial charge in [-0.2, -0.15) is 0 Å². The van der Waals surface area contributed by atoms with Gasteiger partial charge in [-0.1, -0.05) is 38.8 Å². The van der Waals surface area contributed by atoms with Gasteiger partial charge in [0.05, 0.1) is 18.0 Å². The number of nitrogens with one attached hydrogen (secondary N) is 1. The molecule has 0 spiro atoms. The highest BCUT2D eigenvalue weighted by Gasteiger charge is 2.28. The molecule has 2 amide bonds. The van der Waals surface area contributed by atoms with E-state index in [2.05, 4.69) is 17.2 Å². The number of aliphatic hydroxyl groups is 1. The molecule has 4 atom stereocenters. The zero-order valence-corrected chi connectivity index (χ0v) is 18.9. The molecule has 170 valence electrons. The van der Waals surface area contributed by atoms with Gasteiger partial charge in [0.2, 0.25) is 11.8 Å². The topological polar surface area (TPSA) is 110 Å². The average molecular weight is 440 g/mol. The van der Waals surface area contributed by atoms with Crippen LogP contribution in [0.25, 0.3) is 0 Å². The second kappa shape index (κ2) is 15.2. The Labute approximate surface area is 183 Å². The van der Waals surface area contributed by atoms with Crippen LogP contribution in [0.1, 0.15) is 71.6 Å². The van der Waals surface area contributed by atoms with E-state index in [0.717, 1.165) is 32.1 Å². The van der Waals surface area contributed by atoms with E-state index in [-0.39, 0.29) is 29.7 Å². The number of unbranched alkanes of at least 4 members (excludes halogenated alkanes) is 3. The lowest BCUT2D eigenvalue weighted by molar-refractivity contribution is -0.128. The van der Waals surface area contributed by atoms with E-state index in [1.54, 1.807) is 6.08 Å². The molecule has 0 saturated carbocycles. The average Bonchev–Trinajstić information content (AvgIpc) is 3.06. The first kappa shape index (κ1) is 26.3. The van der Waals surface area contributed by atoms with Crippen LogP contribution < -0.4 is 5.32 Å². The molecule has 0 radical (unpaired) electrons. The van der Waals surface area contributed by atoms with E-state index < -0.39 is 17.2 Å². The summed E-state index contributed by atoms with van der Waals surface area (Å²) >= 11 is -2.26. The highest BCUT2D eigenvalue weighted by molar-refractivity contribution is 7.79. The molecule has 2 N–H and O–H groups in total. The molecule has 1 rings (SSSR count). The van der Waals surface area contributed by atoms with Crippen molar-refractivity contribution in [3.05, 3.63) is 12.2 Å². The fourth-order valence-corrected chi connectivity index (χ4v) is 3.58. The number of hydrogen-bond donors (Lipinski definition) is 2. The molecular formula is C22H35N2O5S-. The van der Waals surface area contributed by atoms with Crippen LogP contribution in [0.15, 0.2) is 12.2 Å². The van der Waals surface area contributed by atoms with E-state index in [1.807, 2.05) is 24.8 Å². The lowest BCUT2D eigenvalue weighted by Gasteiger charge is -2.23. The summed E-state index contributed by atoms with van der Waals surface area (Å²) in [6, 6.07) is 0.0276. The van der Waals surface area contributed by atoms with Gasteiger partial charge in [0.25, 0.3) is 0 Å². The smallest absolute Gasteiger partial charge is 0.223 e. The van der Waals surface area contributed by atoms with Crippen LogP contribution in [-0.2, 0) is 20.7 Å². The van der Waals surface area contributed by atoms with Crippen LogP contribution in [0, 0.1) is 17.8 Å². The molecule has 1 saturated heterocycles. The number of carbonyl (C=O) groups excluding carboxylic acids is 2. The first-order valence-corrected chi connectivity index (χ1v) is 12.0. The summed E-state index contributed by atoms with van der Waals surface area (Å²) in [7, 11) is 0. The van der Waals surface area contributed by atoms with Crippen LogP contribution in [0.2, 0.25) is 0 Å². The Morgan fingerprint density at radius 1 is 1.37 bits per heavy atom. The molecule has 7 nitrogen and oxygen atoms in total. The van der Waals surface area contributed by atoms with Gasteiger partial charge in [0.1, 0.15) is 0 Å². The first-order chi connectivity index (χ1) is 14.3. The highest BCUT2D eigenvalue weighted by atomic mass is 32.2. The van der Waals surface area contributed by atoms with Gasteiger partial charge >= 0.3 is 0 Å². The van der Waals surface area contributed by atoms with Crippen LogP contribution in [0.3, 0.4) is 0 Å². The van der Waals surface area contributed by atoms with Gasteiger partial charge in [-0.05, 0) is 36.3 Å². The van der Waals surface area contributed by atoms with Crippen LogP contribution in [0.5, 0.6) is 0 Å². The van der Waals surface area contributed by atoms with Gasteiger partial charge < -0.3 is 19.9 Å². The van der Waals surface area contributed by atoms with Crippen molar-refractivity contribution in [3.8, 4) is 11.8 Å². The minimum atomic E-state index is -2.26. The van der Waals surface area contributed by atoms with Crippen molar-refractivity contribution in [2.45, 2.75) is 83.8 Å². The van der Waals surface area contributed by atoms with Crippen molar-refractivity contribution in [2.24, 2.45) is 5.92 Å². The Kier molecular flexibility index (Phi) is 13.3. The Morgan fingerprint density at radius 3 is 2.80 bits per heavy atom. The number of likely N-dealkylation sites (tertiary alicyclic amines) is 1. The molecule has 1 aliphatic heterocycles. The standard InChI is InChI=1S/C22H36N2O5S/c1-3-4-7-10-18(2)20(25)14-12-19-13-15-22(27)24(19)16-9-6-5-8-11-21(26)23-17-30(28)29/h12,14,18-20,25H,3,5-6,8-11,13,15-17H2,1-2H3,(H,23,26)(H,28,29)/p-1/b14-12+/t18-,19-,20+/m0/s1. The van der Waals surface area contributed by atoms with E-state index in [9.17, 15) is 23.5 Å². The monoisotopic (exact) mass is 439 g/mol. The highest BCUT2D eigenvalue weighted by Crippen LogP contribution is 2.22. The number of rotatable bonds is 13. The van der Waals surface area contributed by atoms with E-state index in [0.29, 0.717) is 32.2 Å². The summed E-state index contributed by atoms with van der Waals surface area (Å²) in [5, 5.41) is 12.6. The normalized spacial score (nSPS) is 19.4. The minimum absolute atomic E-state index is 0.0276. The molecule has 1 aliphatic rings. The Hall–Kier alpha value is -1.69. The third-order valence-corrected chi connectivity index (χ3v) is 5.53. The van der Waals surface area contributed by atoms with Crippen molar-refractivity contribution < 1.29 is 23.5 Å². The van der Waals surface area contributed by atoms with Crippen molar-refractivity contribution in [1.29, 1.82) is 0 Å². The number of amides is 2. The summed E-state index contributed by atoms with van der Waals surface area (Å²) in [6.45, 7) is 4.64. The minimum Gasteiger partial charge on any atom is -0.771 e. The molecule has 0 aromatic rings. The molecule has 0 aromatic carbocycles. The first-order valence-electron chi connectivity index (χ1n) is 10.8. The van der Waals surface area contributed by atoms with Gasteiger partial charge in [0.15, 0.2) is 0 Å². The second-order valence-corrected chi connectivity index (χ2v) is 8.57. The molecule has 8 heteroatoms. The summed E-state index contributed by atoms with van der Waals surface area (Å²) < 4.78 is 20.8. The number of carbonyl (C=O) groups is 2. The van der Waals surface area contributed by atoms with Crippen LogP contribution in [-0.4, -0.2) is 55.1 Å². The molecular weight excluding hydrogens is 404 g/mol. The van der Waals surface area contributed by atoms with Crippen molar-refractivity contribution >= 4 is 22.9 Å². The van der Waals surface area contributed by atoms with Gasteiger partial charge in [-0.3, -0.25) is 13.8 Å². The molecule has 1 fully saturated rings. The van der Waals surface area contributed by atoms with Crippen molar-refractivity contribution in [2.75, 3.05) is 12.4 Å². The summed E-state index contributed by atoms with van der Waals surface area (Å²) in [5.74, 6) is 5.67. The predicted octanol–water partition coefficient (Wildman–Crippen LogP) is 2.24. The number of nitrogens with zero attached hydrogens (tertiary/aromatic N) is 1. The summed E-state index contributed by atoms with van der Waals surface area (Å²) in [6.07, 6.45) is 9.55. The Bertz CT molecular complexity index is 656. The van der Waals surface area contributed by atoms with Gasteiger partial charge in [-0.25, -0.2) is 0 Å². The lowest BCUT2D eigenvalue weighted by atomic mass is 10.00. The Morgan fingerprint density at radius 2 is 2.10 bits per heavy atom. The predicted molar refractivity (Wildman–Crippen MR) is 117 cm³/mol. The third-order valence-electron chi connectivity index (χ3n) is 5.15.